The smallest absolute Gasteiger partial charge is 0.261 e. The molecular weight excluding hydrogens is 1280 g/mol. The molecule has 22 heteroatoms. The Morgan fingerprint density at radius 3 is 1.95 bits per heavy atom. The predicted molar refractivity (Wildman–Crippen MR) is 386 cm³/mol. The molecule has 0 unspecified atom stereocenters. The van der Waals surface area contributed by atoms with Gasteiger partial charge in [0.2, 0.25) is 29.3 Å². The van der Waals surface area contributed by atoms with Crippen LogP contribution in [0.4, 0.5) is 17.1 Å². The summed E-state index contributed by atoms with van der Waals surface area (Å²) in [6.07, 6.45) is 14.7. The highest BCUT2D eigenvalue weighted by Gasteiger charge is 2.43. The van der Waals surface area contributed by atoms with Crippen LogP contribution in [0.1, 0.15) is 99.5 Å². The van der Waals surface area contributed by atoms with Gasteiger partial charge < -0.3 is 59.7 Å². The molecule has 5 aromatic rings. The van der Waals surface area contributed by atoms with Crippen LogP contribution >= 0.6 is 34.5 Å². The van der Waals surface area contributed by atoms with Crippen LogP contribution < -0.4 is 31.1 Å². The van der Waals surface area contributed by atoms with Crippen molar-refractivity contribution in [3.8, 4) is 0 Å². The van der Waals surface area contributed by atoms with Gasteiger partial charge in [0.1, 0.15) is 7.05 Å². The third kappa shape index (κ3) is 21.8. The van der Waals surface area contributed by atoms with Gasteiger partial charge in [-0.3, -0.25) is 28.9 Å². The molecule has 0 spiro atoms. The van der Waals surface area contributed by atoms with Gasteiger partial charge in [-0.05, 0) is 118 Å². The number of allylic oxidation sites excluding steroid dienone is 4. The number of carbonyl (C=O) groups excluding carboxylic acids is 5. The number of anilines is 2. The van der Waals surface area contributed by atoms with E-state index >= 15 is 0 Å². The van der Waals surface area contributed by atoms with Gasteiger partial charge in [0.15, 0.2) is 5.71 Å². The Morgan fingerprint density at radius 1 is 0.625 bits per heavy atom. The van der Waals surface area contributed by atoms with Crippen molar-refractivity contribution in [2.24, 2.45) is 0 Å². The molecule has 3 aliphatic rings. The van der Waals surface area contributed by atoms with Crippen LogP contribution in [0.2, 0.25) is 10.0 Å². The van der Waals surface area contributed by atoms with Crippen molar-refractivity contribution in [2.45, 2.75) is 84.0 Å². The molecule has 5 amide bonds. The zero-order valence-electron chi connectivity index (χ0n) is 56.8. The number of rotatable bonds is 40. The van der Waals surface area contributed by atoms with Gasteiger partial charge >= 0.3 is 0 Å². The van der Waals surface area contributed by atoms with Gasteiger partial charge in [0.25, 0.3) is 5.91 Å². The Hall–Kier alpha value is -6.98. The number of thiophene rings is 1. The average molecular weight is 1380 g/mol. The number of nitrogens with one attached hydrogen (secondary N) is 4. The third-order valence-corrected chi connectivity index (χ3v) is 19.6. The first kappa shape index (κ1) is 74.8. The van der Waals surface area contributed by atoms with Gasteiger partial charge in [0.05, 0.1) is 105 Å². The minimum absolute atomic E-state index is 0.0791. The van der Waals surface area contributed by atoms with Crippen LogP contribution in [0, 0.1) is 0 Å². The third-order valence-electron chi connectivity index (χ3n) is 17.6. The Morgan fingerprint density at radius 2 is 1.26 bits per heavy atom. The number of para-hydroxylation sites is 2. The second-order valence-electron chi connectivity index (χ2n) is 25.1. The second-order valence-corrected chi connectivity index (χ2v) is 27.0. The maximum absolute atomic E-state index is 13.1. The van der Waals surface area contributed by atoms with E-state index in [0.29, 0.717) is 114 Å². The van der Waals surface area contributed by atoms with Crippen molar-refractivity contribution >= 4 is 103 Å². The molecule has 0 saturated carbocycles. The van der Waals surface area contributed by atoms with E-state index in [1.807, 2.05) is 43.3 Å². The number of ether oxygens (including phenoxy) is 5. The first-order valence-corrected chi connectivity index (χ1v) is 35.4. The van der Waals surface area contributed by atoms with E-state index < -0.39 is 0 Å². The van der Waals surface area contributed by atoms with E-state index in [0.717, 1.165) is 92.7 Å². The van der Waals surface area contributed by atoms with Crippen molar-refractivity contribution in [3.05, 3.63) is 153 Å². The molecule has 1 aromatic heterocycles. The number of halogens is 2. The highest BCUT2D eigenvalue weighted by molar-refractivity contribution is 7.20. The summed E-state index contributed by atoms with van der Waals surface area (Å²) in [6, 6.07) is 30.7. The number of amides is 5. The summed E-state index contributed by atoms with van der Waals surface area (Å²) in [4.78, 5) is 73.1. The molecule has 96 heavy (non-hydrogen) atoms. The standard InChI is InChI=1S/C74H97Cl2N9O10S/c1-7-83(70(89)31-29-55-28-30-63-56(51-55)52-64(96-63)72(90)79-32-14-16-35-82-37-39-84(40-38-82)62-24-17-21-59(75)71(62)76)54-69(88)78-34-42-92-44-46-94-48-50-95-49-47-93-45-43-91-41-33-77-68(87)53-80-67(86)27-9-8-15-36-85-61-23-13-11-20-58(61)74(4,5)66(85)26-18-25-65-73(2,3)57-19-10-12-22-60(57)81(65)6/h10-13,17-26,28-31,51-52H,7-9,14-16,27,32-50,53-54H2,1-6H3,(H3-,77,78,79,80,86,87,88,90)/p+1/b31-29+. The van der Waals surface area contributed by atoms with Crippen LogP contribution in [0.15, 0.2) is 121 Å². The fourth-order valence-electron chi connectivity index (χ4n) is 12.3. The Labute approximate surface area is 581 Å². The van der Waals surface area contributed by atoms with E-state index in [2.05, 4.69) is 142 Å². The fourth-order valence-corrected chi connectivity index (χ4v) is 13.7. The molecule has 518 valence electrons. The van der Waals surface area contributed by atoms with Crippen LogP contribution in [0.5, 0.6) is 0 Å². The van der Waals surface area contributed by atoms with Crippen molar-refractivity contribution < 1.29 is 52.2 Å². The molecule has 0 radical (unpaired) electrons. The first-order chi connectivity index (χ1) is 46.5. The number of hydrogen-bond acceptors (Lipinski definition) is 14. The number of unbranched alkanes of at least 4 members (excludes halogenated alkanes) is 3. The highest BCUT2D eigenvalue weighted by atomic mass is 35.5. The molecule has 4 heterocycles. The number of fused-ring (bicyclic) bond motifs is 3. The summed E-state index contributed by atoms with van der Waals surface area (Å²) in [6.45, 7) is 21.5. The lowest BCUT2D eigenvalue weighted by molar-refractivity contribution is -0.401. The summed E-state index contributed by atoms with van der Waals surface area (Å²) in [5.41, 5.74) is 9.19. The van der Waals surface area contributed by atoms with Crippen LogP contribution in [-0.4, -0.2) is 201 Å². The van der Waals surface area contributed by atoms with Gasteiger partial charge in [-0.2, -0.15) is 4.58 Å². The van der Waals surface area contributed by atoms with Gasteiger partial charge in [-0.25, -0.2) is 0 Å². The molecule has 0 aliphatic carbocycles. The maximum atomic E-state index is 13.1. The Kier molecular flexibility index (Phi) is 29.8. The molecule has 1 saturated heterocycles. The summed E-state index contributed by atoms with van der Waals surface area (Å²) in [5, 5.41) is 13.5. The van der Waals surface area contributed by atoms with Crippen LogP contribution in [0.3, 0.4) is 0 Å². The summed E-state index contributed by atoms with van der Waals surface area (Å²) >= 11 is 14.1. The lowest BCUT2D eigenvalue weighted by Crippen LogP contribution is -2.46. The lowest BCUT2D eigenvalue weighted by atomic mass is 9.81. The monoisotopic (exact) mass is 1370 g/mol. The highest BCUT2D eigenvalue weighted by Crippen LogP contribution is 2.48. The van der Waals surface area contributed by atoms with Crippen molar-refractivity contribution in [2.75, 3.05) is 161 Å². The summed E-state index contributed by atoms with van der Waals surface area (Å²) in [5.74, 6) is -1.07. The van der Waals surface area contributed by atoms with E-state index in [-0.39, 0.29) is 53.5 Å². The number of nitrogens with zero attached hydrogens (tertiary/aromatic N) is 5. The normalized spacial score (nSPS) is 15.5. The van der Waals surface area contributed by atoms with E-state index in [1.54, 1.807) is 12.1 Å². The SMILES string of the molecule is CCN(CC(=O)NCCOCCOCCOCCOCCOCCNC(=O)CNC(=O)CCCCCN1/C(=C/C=C/C2=[N+](C)c3ccccc3C2(C)C)C(C)(C)c2ccccc21)C(=O)/C=C/c1ccc2sc(C(=O)NCCCCN3CCN(c4cccc(Cl)c4Cl)CC3)cc2c1. The van der Waals surface area contributed by atoms with Crippen LogP contribution in [0.25, 0.3) is 16.2 Å². The summed E-state index contributed by atoms with van der Waals surface area (Å²) in [7, 11) is 2.15. The van der Waals surface area contributed by atoms with E-state index in [4.69, 9.17) is 46.9 Å². The second kappa shape index (κ2) is 38.2. The van der Waals surface area contributed by atoms with Crippen LogP contribution in [-0.2, 0) is 53.7 Å². The average Bonchev–Trinajstić information content (AvgIpc) is 1.61. The van der Waals surface area contributed by atoms with Crippen molar-refractivity contribution in [1.29, 1.82) is 0 Å². The molecule has 4 N–H and O–H groups in total. The minimum atomic E-state index is -0.286. The zero-order valence-corrected chi connectivity index (χ0v) is 59.2. The number of benzene rings is 4. The number of hydrogen-bond donors (Lipinski definition) is 4. The van der Waals surface area contributed by atoms with Crippen molar-refractivity contribution in [1.82, 2.24) is 31.1 Å². The number of piperazine rings is 1. The molecular formula is C74H98Cl2N9O10S+. The topological polar surface area (TPSA) is 196 Å². The molecule has 3 aliphatic heterocycles. The molecule has 19 nitrogen and oxygen atoms in total. The molecule has 0 bridgehead atoms. The largest absolute Gasteiger partial charge is 0.377 e. The van der Waals surface area contributed by atoms with Gasteiger partial charge in [-0.15, -0.1) is 11.3 Å². The summed E-state index contributed by atoms with van der Waals surface area (Å²) < 4.78 is 31.2. The Bertz CT molecular complexity index is 3530. The van der Waals surface area contributed by atoms with Gasteiger partial charge in [-0.1, -0.05) is 98.1 Å². The first-order valence-electron chi connectivity index (χ1n) is 33.8. The van der Waals surface area contributed by atoms with Crippen molar-refractivity contribution in [3.63, 3.8) is 0 Å². The molecule has 0 atom stereocenters. The number of carbonyl (C=O) groups is 5. The number of likely N-dealkylation sites (N-methyl/N-ethyl adjacent to an activating group) is 1. The predicted octanol–water partition coefficient (Wildman–Crippen LogP) is 10.3. The lowest BCUT2D eigenvalue weighted by Gasteiger charge is -2.36. The molecule has 4 aromatic carbocycles. The van der Waals surface area contributed by atoms with E-state index in [9.17, 15) is 24.0 Å². The van der Waals surface area contributed by atoms with E-state index in [1.165, 1.54) is 56.2 Å². The zero-order chi connectivity index (χ0) is 68.3. The fraction of sp³-hybridized carbons (Fsp3) is 0.486. The Balaban J connectivity index is 0.568. The van der Waals surface area contributed by atoms with Gasteiger partial charge in [0, 0.05) is 111 Å². The molecule has 1 fully saturated rings. The minimum Gasteiger partial charge on any atom is -0.377 e. The quantitative estimate of drug-likeness (QED) is 0.0165. The molecule has 8 rings (SSSR count). The maximum Gasteiger partial charge on any atom is 0.261 e.